The third kappa shape index (κ3) is 3.71. The Kier molecular flexibility index (Phi) is 4.37. The first-order valence-corrected chi connectivity index (χ1v) is 6.41. The van der Waals surface area contributed by atoms with Crippen LogP contribution in [0.2, 0.25) is 0 Å². The topological polar surface area (TPSA) is 70.1 Å². The molecule has 0 heterocycles. The van der Waals surface area contributed by atoms with Gasteiger partial charge in [0.25, 0.3) is 5.91 Å². The fourth-order valence-corrected chi connectivity index (χ4v) is 1.77. The van der Waals surface area contributed by atoms with E-state index < -0.39 is 0 Å². The van der Waals surface area contributed by atoms with Crippen LogP contribution in [0.4, 0.5) is 11.4 Å². The van der Waals surface area contributed by atoms with E-state index in [2.05, 4.69) is 0 Å². The molecule has 0 atom stereocenters. The van der Waals surface area contributed by atoms with Gasteiger partial charge < -0.3 is 10.6 Å². The van der Waals surface area contributed by atoms with E-state index in [0.29, 0.717) is 11.3 Å². The van der Waals surface area contributed by atoms with Gasteiger partial charge in [-0.2, -0.15) is 5.26 Å². The number of hydrogen-bond acceptors (Lipinski definition) is 3. The molecule has 0 spiro atoms. The van der Waals surface area contributed by atoms with Crippen molar-refractivity contribution in [3.63, 3.8) is 0 Å². The minimum atomic E-state index is -0.142. The Morgan fingerprint density at radius 1 is 1.14 bits per heavy atom. The van der Waals surface area contributed by atoms with Crippen molar-refractivity contribution < 1.29 is 4.79 Å². The zero-order valence-corrected chi connectivity index (χ0v) is 11.7. The van der Waals surface area contributed by atoms with E-state index in [0.717, 1.165) is 11.3 Å². The van der Waals surface area contributed by atoms with E-state index in [-0.39, 0.29) is 5.91 Å². The average molecular weight is 277 g/mol. The number of carbonyl (C=O) groups excluding carboxylic acids is 1. The summed E-state index contributed by atoms with van der Waals surface area (Å²) in [5.74, 6) is -0.142. The third-order valence-electron chi connectivity index (χ3n) is 3.07. The lowest BCUT2D eigenvalue weighted by Crippen LogP contribution is -2.23. The van der Waals surface area contributed by atoms with Crippen molar-refractivity contribution in [3.05, 3.63) is 65.7 Å². The van der Waals surface area contributed by atoms with Crippen LogP contribution in [0.5, 0.6) is 0 Å². The van der Waals surface area contributed by atoms with Crippen molar-refractivity contribution >= 4 is 23.4 Å². The molecule has 4 heteroatoms. The second-order valence-corrected chi connectivity index (χ2v) is 4.56. The maximum absolute atomic E-state index is 12.1. The first-order chi connectivity index (χ1) is 10.1. The summed E-state index contributed by atoms with van der Waals surface area (Å²) in [5.41, 5.74) is 8.51. The molecule has 104 valence electrons. The Balaban J connectivity index is 2.08. The van der Waals surface area contributed by atoms with Gasteiger partial charge in [-0.1, -0.05) is 12.1 Å². The highest BCUT2D eigenvalue weighted by molar-refractivity contribution is 6.03. The van der Waals surface area contributed by atoms with Gasteiger partial charge in [0.15, 0.2) is 0 Å². The lowest BCUT2D eigenvalue weighted by molar-refractivity contribution is -0.113. The van der Waals surface area contributed by atoms with Crippen molar-refractivity contribution in [1.29, 1.82) is 5.26 Å². The Bertz CT molecular complexity index is 694. The first kappa shape index (κ1) is 14.4. The van der Waals surface area contributed by atoms with Crippen LogP contribution in [0, 0.1) is 11.3 Å². The third-order valence-corrected chi connectivity index (χ3v) is 3.07. The minimum absolute atomic E-state index is 0.142. The number of amides is 1. The number of hydrogen-bond donors (Lipinski definition) is 1. The molecule has 0 bridgehead atoms. The monoisotopic (exact) mass is 277 g/mol. The molecule has 0 aromatic heterocycles. The molecule has 0 saturated heterocycles. The summed E-state index contributed by atoms with van der Waals surface area (Å²) in [7, 11) is 1.69. The zero-order valence-electron chi connectivity index (χ0n) is 11.7. The first-order valence-electron chi connectivity index (χ1n) is 6.41. The molecule has 0 aliphatic carbocycles. The predicted molar refractivity (Wildman–Crippen MR) is 84.5 cm³/mol. The van der Waals surface area contributed by atoms with Crippen LogP contribution in [0.25, 0.3) is 6.08 Å². The normalized spacial score (nSPS) is 10.3. The standard InChI is InChI=1S/C17H15N3O/c1-20(16-9-4-14(12-18)5-10-16)17(21)11-6-13-2-7-15(19)8-3-13/h2-11H,19H2,1H3/b11-6+. The summed E-state index contributed by atoms with van der Waals surface area (Å²) in [4.78, 5) is 13.6. The lowest BCUT2D eigenvalue weighted by Gasteiger charge is -2.15. The number of likely N-dealkylation sites (N-methyl/N-ethyl adjacent to an activating group) is 1. The summed E-state index contributed by atoms with van der Waals surface area (Å²) in [6.45, 7) is 0. The summed E-state index contributed by atoms with van der Waals surface area (Å²) >= 11 is 0. The number of nitrogens with two attached hydrogens (primary N) is 1. The largest absolute Gasteiger partial charge is 0.399 e. The number of nitrogen functional groups attached to an aromatic ring is 1. The van der Waals surface area contributed by atoms with Gasteiger partial charge in [0.05, 0.1) is 11.6 Å². The van der Waals surface area contributed by atoms with Crippen molar-refractivity contribution in [2.45, 2.75) is 0 Å². The van der Waals surface area contributed by atoms with Crippen LogP contribution in [0.1, 0.15) is 11.1 Å². The smallest absolute Gasteiger partial charge is 0.250 e. The molecule has 0 aliphatic rings. The van der Waals surface area contributed by atoms with Gasteiger partial charge >= 0.3 is 0 Å². The maximum Gasteiger partial charge on any atom is 0.250 e. The summed E-state index contributed by atoms with van der Waals surface area (Å²) in [5, 5.41) is 8.76. The van der Waals surface area contributed by atoms with E-state index >= 15 is 0 Å². The Morgan fingerprint density at radius 3 is 2.33 bits per heavy atom. The number of rotatable bonds is 3. The number of nitrogens with zero attached hydrogens (tertiary/aromatic N) is 2. The van der Waals surface area contributed by atoms with Gasteiger partial charge in [0, 0.05) is 24.5 Å². The molecule has 2 N–H and O–H groups in total. The van der Waals surface area contributed by atoms with Crippen molar-refractivity contribution in [2.24, 2.45) is 0 Å². The van der Waals surface area contributed by atoms with Crippen LogP contribution in [-0.4, -0.2) is 13.0 Å². The molecule has 0 radical (unpaired) electrons. The second-order valence-electron chi connectivity index (χ2n) is 4.56. The molecule has 0 aliphatic heterocycles. The highest BCUT2D eigenvalue weighted by atomic mass is 16.2. The Hall–Kier alpha value is -3.06. The highest BCUT2D eigenvalue weighted by Crippen LogP contribution is 2.14. The van der Waals surface area contributed by atoms with E-state index in [1.54, 1.807) is 49.5 Å². The number of anilines is 2. The van der Waals surface area contributed by atoms with Crippen LogP contribution < -0.4 is 10.6 Å². The van der Waals surface area contributed by atoms with Gasteiger partial charge in [0.1, 0.15) is 0 Å². The van der Waals surface area contributed by atoms with Crippen LogP contribution >= 0.6 is 0 Å². The molecule has 0 saturated carbocycles. The summed E-state index contributed by atoms with van der Waals surface area (Å²) < 4.78 is 0. The van der Waals surface area contributed by atoms with Crippen molar-refractivity contribution in [3.8, 4) is 6.07 Å². The maximum atomic E-state index is 12.1. The SMILES string of the molecule is CN(C(=O)/C=C/c1ccc(N)cc1)c1ccc(C#N)cc1. The molecule has 4 nitrogen and oxygen atoms in total. The van der Waals surface area contributed by atoms with Gasteiger partial charge in [-0.05, 0) is 48.0 Å². The molecule has 0 unspecified atom stereocenters. The Morgan fingerprint density at radius 2 is 1.76 bits per heavy atom. The van der Waals surface area contributed by atoms with Gasteiger partial charge in [-0.3, -0.25) is 4.79 Å². The van der Waals surface area contributed by atoms with E-state index in [1.807, 2.05) is 18.2 Å². The number of benzene rings is 2. The average Bonchev–Trinajstić information content (AvgIpc) is 2.53. The molecule has 1 amide bonds. The van der Waals surface area contributed by atoms with Crippen LogP contribution in [-0.2, 0) is 4.79 Å². The fraction of sp³-hybridized carbons (Fsp3) is 0.0588. The molecular formula is C17H15N3O. The molecule has 2 aromatic rings. The predicted octanol–water partition coefficient (Wildman–Crippen LogP) is 2.82. The second kappa shape index (κ2) is 6.40. The Labute approximate surface area is 123 Å². The van der Waals surface area contributed by atoms with Crippen LogP contribution in [0.3, 0.4) is 0 Å². The number of carbonyl (C=O) groups is 1. The zero-order chi connectivity index (χ0) is 15.2. The fourth-order valence-electron chi connectivity index (χ4n) is 1.77. The minimum Gasteiger partial charge on any atom is -0.399 e. The number of nitriles is 1. The molecule has 21 heavy (non-hydrogen) atoms. The molecule has 2 aromatic carbocycles. The van der Waals surface area contributed by atoms with E-state index in [4.69, 9.17) is 11.0 Å². The van der Waals surface area contributed by atoms with Crippen molar-refractivity contribution in [1.82, 2.24) is 0 Å². The van der Waals surface area contributed by atoms with Gasteiger partial charge in [-0.15, -0.1) is 0 Å². The van der Waals surface area contributed by atoms with E-state index in [1.165, 1.54) is 11.0 Å². The van der Waals surface area contributed by atoms with Crippen LogP contribution in [0.15, 0.2) is 54.6 Å². The van der Waals surface area contributed by atoms with Crippen molar-refractivity contribution in [2.75, 3.05) is 17.7 Å². The quantitative estimate of drug-likeness (QED) is 0.692. The lowest BCUT2D eigenvalue weighted by atomic mass is 10.2. The molecule has 2 rings (SSSR count). The van der Waals surface area contributed by atoms with E-state index in [9.17, 15) is 4.79 Å². The van der Waals surface area contributed by atoms with Gasteiger partial charge in [0.2, 0.25) is 0 Å². The van der Waals surface area contributed by atoms with Gasteiger partial charge in [-0.25, -0.2) is 0 Å². The summed E-state index contributed by atoms with van der Waals surface area (Å²) in [6, 6.07) is 16.2. The molecule has 0 fully saturated rings. The molecular weight excluding hydrogens is 262 g/mol. The highest BCUT2D eigenvalue weighted by Gasteiger charge is 2.07. The summed E-state index contributed by atoms with van der Waals surface area (Å²) in [6.07, 6.45) is 3.24.